The largest absolute Gasteiger partial charge is 0.351 e. The molecule has 4 heteroatoms. The van der Waals surface area contributed by atoms with Crippen molar-refractivity contribution in [3.05, 3.63) is 34.3 Å². The molecule has 0 radical (unpaired) electrons. The number of aryl methyl sites for hydroxylation is 1. The maximum absolute atomic E-state index is 13.1. The lowest BCUT2D eigenvalue weighted by Gasteiger charge is -2.56. The summed E-state index contributed by atoms with van der Waals surface area (Å²) in [6, 6.07) is 6.06. The molecule has 0 aromatic heterocycles. The third-order valence-corrected chi connectivity index (χ3v) is 8.99. The molecule has 5 rings (SSSR count). The van der Waals surface area contributed by atoms with E-state index in [1.165, 1.54) is 82.9 Å². The van der Waals surface area contributed by atoms with Crippen LogP contribution in [-0.2, 0) is 6.42 Å². The molecule has 0 unspecified atom stereocenters. The quantitative estimate of drug-likeness (QED) is 0.331. The van der Waals surface area contributed by atoms with Crippen LogP contribution in [0.2, 0.25) is 5.02 Å². The third-order valence-electron chi connectivity index (χ3n) is 8.66. The van der Waals surface area contributed by atoms with Crippen LogP contribution in [0.25, 0.3) is 0 Å². The Kier molecular flexibility index (Phi) is 8.79. The molecule has 4 aliphatic rings. The number of hydrogen-bond acceptors (Lipinski definition) is 2. The van der Waals surface area contributed by atoms with E-state index >= 15 is 0 Å². The van der Waals surface area contributed by atoms with Crippen LogP contribution < -0.4 is 5.32 Å². The van der Waals surface area contributed by atoms with E-state index in [0.29, 0.717) is 16.0 Å². The number of halogens is 1. The van der Waals surface area contributed by atoms with Gasteiger partial charge in [0.1, 0.15) is 0 Å². The summed E-state index contributed by atoms with van der Waals surface area (Å²) in [6.07, 6.45) is 15.5. The summed E-state index contributed by atoms with van der Waals surface area (Å²) in [5.41, 5.74) is 2.24. The summed E-state index contributed by atoms with van der Waals surface area (Å²) in [5.74, 6) is 2.75. The molecule has 1 aromatic rings. The highest BCUT2D eigenvalue weighted by Gasteiger charge is 2.50. The molecule has 0 spiro atoms. The van der Waals surface area contributed by atoms with Crippen LogP contribution in [0.5, 0.6) is 0 Å². The number of benzene rings is 1. The topological polar surface area (TPSA) is 32.3 Å². The van der Waals surface area contributed by atoms with Crippen molar-refractivity contribution in [2.75, 3.05) is 26.2 Å². The lowest BCUT2D eigenvalue weighted by Crippen LogP contribution is -2.51. The summed E-state index contributed by atoms with van der Waals surface area (Å²) < 4.78 is 0. The fourth-order valence-electron chi connectivity index (χ4n) is 7.38. The zero-order valence-corrected chi connectivity index (χ0v) is 21.8. The molecule has 1 N–H and O–H groups in total. The number of nitrogens with zero attached hydrogens (tertiary/aromatic N) is 1. The van der Waals surface area contributed by atoms with Crippen molar-refractivity contribution in [3.63, 3.8) is 0 Å². The normalized spacial score (nSPS) is 27.9. The molecule has 3 nitrogen and oxygen atoms in total. The zero-order chi connectivity index (χ0) is 23.3. The van der Waals surface area contributed by atoms with E-state index in [4.69, 9.17) is 11.6 Å². The molecule has 0 saturated heterocycles. The Balaban J connectivity index is 1.30. The first-order valence-electron chi connectivity index (χ1n) is 13.8. The van der Waals surface area contributed by atoms with E-state index in [0.717, 1.165) is 43.7 Å². The average Bonchev–Trinajstić information content (AvgIpc) is 2.79. The highest BCUT2D eigenvalue weighted by molar-refractivity contribution is 6.33. The summed E-state index contributed by atoms with van der Waals surface area (Å²) in [6.45, 7) is 8.91. The minimum absolute atomic E-state index is 0.0186. The molecule has 4 saturated carbocycles. The Labute approximate surface area is 207 Å². The number of rotatable bonds is 13. The van der Waals surface area contributed by atoms with Crippen molar-refractivity contribution in [1.29, 1.82) is 0 Å². The van der Waals surface area contributed by atoms with Crippen LogP contribution in [0, 0.1) is 23.2 Å². The number of hydrogen-bond donors (Lipinski definition) is 1. The minimum Gasteiger partial charge on any atom is -0.351 e. The van der Waals surface area contributed by atoms with Gasteiger partial charge >= 0.3 is 0 Å². The lowest BCUT2D eigenvalue weighted by atomic mass is 9.49. The van der Waals surface area contributed by atoms with Gasteiger partial charge in [0, 0.05) is 6.54 Å². The molecule has 1 amide bonds. The molecule has 4 bridgehead atoms. The number of unbranched alkanes of at least 4 members (excludes halogenated alkanes) is 2. The Morgan fingerprint density at radius 3 is 2.12 bits per heavy atom. The first kappa shape index (κ1) is 25.0. The van der Waals surface area contributed by atoms with Crippen LogP contribution in [-0.4, -0.2) is 37.0 Å². The second-order valence-electron chi connectivity index (χ2n) is 11.6. The van der Waals surface area contributed by atoms with E-state index in [2.05, 4.69) is 30.1 Å². The van der Waals surface area contributed by atoms with Gasteiger partial charge in [-0.1, -0.05) is 44.4 Å². The van der Waals surface area contributed by atoms with Crippen molar-refractivity contribution >= 4 is 17.5 Å². The van der Waals surface area contributed by atoms with Gasteiger partial charge in [0.15, 0.2) is 0 Å². The predicted molar refractivity (Wildman–Crippen MR) is 139 cm³/mol. The molecule has 1 aromatic carbocycles. The number of amides is 1. The Bertz CT molecular complexity index is 749. The van der Waals surface area contributed by atoms with Gasteiger partial charge in [-0.25, -0.2) is 0 Å². The van der Waals surface area contributed by atoms with Crippen LogP contribution in [0.3, 0.4) is 0 Å². The van der Waals surface area contributed by atoms with Crippen molar-refractivity contribution in [3.8, 4) is 0 Å². The minimum atomic E-state index is 0.0186. The fraction of sp³-hybridized carbons (Fsp3) is 0.759. The van der Waals surface area contributed by atoms with Gasteiger partial charge in [0.2, 0.25) is 0 Å². The van der Waals surface area contributed by atoms with E-state index in [-0.39, 0.29) is 5.91 Å². The van der Waals surface area contributed by atoms with E-state index in [1.807, 2.05) is 12.1 Å². The molecule has 0 heterocycles. The Morgan fingerprint density at radius 1 is 0.970 bits per heavy atom. The van der Waals surface area contributed by atoms with Gasteiger partial charge < -0.3 is 10.2 Å². The van der Waals surface area contributed by atoms with Crippen LogP contribution >= 0.6 is 11.6 Å². The average molecular weight is 473 g/mol. The summed E-state index contributed by atoms with van der Waals surface area (Å²) in [7, 11) is 0. The van der Waals surface area contributed by atoms with E-state index in [9.17, 15) is 4.79 Å². The highest BCUT2D eigenvalue weighted by atomic mass is 35.5. The van der Waals surface area contributed by atoms with E-state index < -0.39 is 0 Å². The van der Waals surface area contributed by atoms with Gasteiger partial charge in [-0.2, -0.15) is 0 Å². The third kappa shape index (κ3) is 6.54. The molecule has 0 atom stereocenters. The summed E-state index contributed by atoms with van der Waals surface area (Å²) in [4.78, 5) is 15.7. The monoisotopic (exact) mass is 472 g/mol. The molecule has 4 aliphatic carbocycles. The van der Waals surface area contributed by atoms with Crippen LogP contribution in [0.15, 0.2) is 18.2 Å². The lowest BCUT2D eigenvalue weighted by molar-refractivity contribution is -0.0503. The van der Waals surface area contributed by atoms with Gasteiger partial charge in [-0.3, -0.25) is 4.79 Å². The first-order valence-corrected chi connectivity index (χ1v) is 14.2. The molecule has 33 heavy (non-hydrogen) atoms. The van der Waals surface area contributed by atoms with Crippen LogP contribution in [0.1, 0.15) is 100 Å². The first-order chi connectivity index (χ1) is 16.0. The summed E-state index contributed by atoms with van der Waals surface area (Å²) in [5, 5.41) is 3.89. The molecule has 0 aliphatic heterocycles. The SMILES string of the molecule is CCCCN(CCCC)CCCc1ccc(Cl)c(C(=O)NCC23CC4CC(CC(C4)C2)C3)c1. The number of carbonyl (C=O) groups is 1. The second-order valence-corrected chi connectivity index (χ2v) is 12.0. The van der Waals surface area contributed by atoms with Gasteiger partial charge in [0.25, 0.3) is 5.91 Å². The maximum Gasteiger partial charge on any atom is 0.252 e. The standard InChI is InChI=1S/C29H45ClN2O/c1-3-5-11-32(12-6-4-2)13-7-8-22-9-10-27(30)26(17-22)28(33)31-21-29-18-23-14-24(19-29)16-25(15-23)20-29/h9-10,17,23-25H,3-8,11-16,18-21H2,1-2H3,(H,31,33). The predicted octanol–water partition coefficient (Wildman–Crippen LogP) is 7.12. The van der Waals surface area contributed by atoms with E-state index in [1.54, 1.807) is 0 Å². The molecular weight excluding hydrogens is 428 g/mol. The Morgan fingerprint density at radius 2 is 1.55 bits per heavy atom. The fourth-order valence-corrected chi connectivity index (χ4v) is 7.58. The van der Waals surface area contributed by atoms with Crippen molar-refractivity contribution in [1.82, 2.24) is 10.2 Å². The van der Waals surface area contributed by atoms with Gasteiger partial charge in [0.05, 0.1) is 10.6 Å². The highest BCUT2D eigenvalue weighted by Crippen LogP contribution is 2.59. The van der Waals surface area contributed by atoms with Crippen LogP contribution in [0.4, 0.5) is 0 Å². The number of nitrogens with one attached hydrogen (secondary N) is 1. The molecular formula is C29H45ClN2O. The van der Waals surface area contributed by atoms with Gasteiger partial charge in [-0.15, -0.1) is 0 Å². The van der Waals surface area contributed by atoms with Gasteiger partial charge in [-0.05, 0) is 125 Å². The summed E-state index contributed by atoms with van der Waals surface area (Å²) >= 11 is 6.48. The smallest absolute Gasteiger partial charge is 0.252 e. The molecule has 4 fully saturated rings. The molecule has 184 valence electrons. The number of carbonyl (C=O) groups excluding carboxylic acids is 1. The van der Waals surface area contributed by atoms with Crippen molar-refractivity contribution in [2.24, 2.45) is 23.2 Å². The van der Waals surface area contributed by atoms with Crippen molar-refractivity contribution < 1.29 is 4.79 Å². The maximum atomic E-state index is 13.1. The second kappa shape index (κ2) is 11.6. The Hall–Kier alpha value is -1.06. The van der Waals surface area contributed by atoms with Crippen molar-refractivity contribution in [2.45, 2.75) is 90.9 Å². The zero-order valence-electron chi connectivity index (χ0n) is 21.0.